The van der Waals surface area contributed by atoms with Crippen LogP contribution >= 0.6 is 11.6 Å². The van der Waals surface area contributed by atoms with Gasteiger partial charge in [0.25, 0.3) is 11.8 Å². The second kappa shape index (κ2) is 6.59. The van der Waals surface area contributed by atoms with Crippen LogP contribution in [0.25, 0.3) is 10.9 Å². The summed E-state index contributed by atoms with van der Waals surface area (Å²) in [4.78, 5) is 43.1. The van der Waals surface area contributed by atoms with Gasteiger partial charge in [-0.3, -0.25) is 19.4 Å². The van der Waals surface area contributed by atoms with Gasteiger partial charge in [0, 0.05) is 18.0 Å². The lowest BCUT2D eigenvalue weighted by atomic mass is 10.1. The third kappa shape index (κ3) is 2.71. The van der Waals surface area contributed by atoms with Crippen molar-refractivity contribution in [3.8, 4) is 0 Å². The Kier molecular flexibility index (Phi) is 4.24. The summed E-state index contributed by atoms with van der Waals surface area (Å²) in [7, 11) is 0. The van der Waals surface area contributed by atoms with Crippen molar-refractivity contribution in [2.75, 3.05) is 4.90 Å². The van der Waals surface area contributed by atoms with Crippen LogP contribution in [0.2, 0.25) is 5.02 Å². The van der Waals surface area contributed by atoms with Gasteiger partial charge in [0.2, 0.25) is 0 Å². The molecule has 0 radical (unpaired) electrons. The first-order chi connectivity index (χ1) is 13.0. The molecule has 0 saturated heterocycles. The third-order valence-corrected chi connectivity index (χ3v) is 5.02. The fourth-order valence-corrected chi connectivity index (χ4v) is 3.57. The Labute approximate surface area is 160 Å². The molecular weight excluding hydrogens is 364 g/mol. The molecule has 1 aromatic heterocycles. The number of benzene rings is 2. The van der Waals surface area contributed by atoms with E-state index in [2.05, 4.69) is 4.98 Å². The minimum absolute atomic E-state index is 0.0805. The van der Waals surface area contributed by atoms with E-state index in [-0.39, 0.29) is 22.6 Å². The summed E-state index contributed by atoms with van der Waals surface area (Å²) in [6.07, 6.45) is 2.57. The van der Waals surface area contributed by atoms with Gasteiger partial charge in [-0.15, -0.1) is 0 Å². The number of fused-ring (bicyclic) bond motifs is 2. The Balaban J connectivity index is 1.82. The summed E-state index contributed by atoms with van der Waals surface area (Å²) < 4.78 is 0. The van der Waals surface area contributed by atoms with E-state index in [0.29, 0.717) is 46.1 Å². The lowest BCUT2D eigenvalue weighted by molar-refractivity contribution is 0.0924. The van der Waals surface area contributed by atoms with Crippen LogP contribution in [0.1, 0.15) is 50.8 Å². The Hall–Kier alpha value is -3.05. The summed E-state index contributed by atoms with van der Waals surface area (Å²) in [5, 5.41) is 0.824. The average molecular weight is 379 g/mol. The van der Waals surface area contributed by atoms with Crippen molar-refractivity contribution in [1.82, 2.24) is 4.98 Å². The molecule has 4 rings (SSSR count). The topological polar surface area (TPSA) is 67.3 Å². The molecule has 0 unspecified atom stereocenters. The number of rotatable bonds is 4. The van der Waals surface area contributed by atoms with Crippen molar-refractivity contribution in [2.24, 2.45) is 0 Å². The van der Waals surface area contributed by atoms with E-state index in [1.54, 1.807) is 42.5 Å². The molecule has 3 aromatic rings. The van der Waals surface area contributed by atoms with Crippen LogP contribution in [0.4, 0.5) is 5.69 Å². The molecule has 27 heavy (non-hydrogen) atoms. The molecule has 0 bridgehead atoms. The van der Waals surface area contributed by atoms with Gasteiger partial charge in [-0.2, -0.15) is 0 Å². The number of hydrogen-bond donors (Lipinski definition) is 0. The monoisotopic (exact) mass is 378 g/mol. The Bertz CT molecular complexity index is 1090. The first-order valence-electron chi connectivity index (χ1n) is 8.62. The zero-order chi connectivity index (χ0) is 19.1. The van der Waals surface area contributed by atoms with Gasteiger partial charge >= 0.3 is 0 Å². The van der Waals surface area contributed by atoms with E-state index in [9.17, 15) is 14.4 Å². The van der Waals surface area contributed by atoms with Crippen LogP contribution in [0.3, 0.4) is 0 Å². The van der Waals surface area contributed by atoms with Gasteiger partial charge in [-0.25, -0.2) is 4.90 Å². The second-order valence-corrected chi connectivity index (χ2v) is 6.73. The van der Waals surface area contributed by atoms with Gasteiger partial charge in [-0.05, 0) is 36.8 Å². The van der Waals surface area contributed by atoms with Crippen molar-refractivity contribution in [1.29, 1.82) is 0 Å². The first-order valence-corrected chi connectivity index (χ1v) is 9.00. The van der Waals surface area contributed by atoms with Gasteiger partial charge < -0.3 is 0 Å². The number of aromatic nitrogens is 1. The highest BCUT2D eigenvalue weighted by atomic mass is 35.5. The Morgan fingerprint density at radius 1 is 1.07 bits per heavy atom. The van der Waals surface area contributed by atoms with Crippen molar-refractivity contribution in [2.45, 2.75) is 19.8 Å². The predicted molar refractivity (Wildman–Crippen MR) is 104 cm³/mol. The fourth-order valence-electron chi connectivity index (χ4n) is 3.27. The molecular formula is C21H15ClN2O3. The molecule has 2 amide bonds. The van der Waals surface area contributed by atoms with E-state index < -0.39 is 0 Å². The first kappa shape index (κ1) is 17.4. The predicted octanol–water partition coefficient (Wildman–Crippen LogP) is 4.67. The number of anilines is 1. The van der Waals surface area contributed by atoms with Crippen molar-refractivity contribution in [3.05, 3.63) is 70.4 Å². The lowest BCUT2D eigenvalue weighted by Crippen LogP contribution is -2.29. The van der Waals surface area contributed by atoms with Crippen LogP contribution < -0.4 is 4.90 Å². The summed E-state index contributed by atoms with van der Waals surface area (Å²) in [5.41, 5.74) is 2.09. The molecule has 0 saturated carbocycles. The molecule has 2 heterocycles. The maximum absolute atomic E-state index is 12.7. The lowest BCUT2D eigenvalue weighted by Gasteiger charge is -2.15. The van der Waals surface area contributed by atoms with Crippen molar-refractivity contribution >= 4 is 45.8 Å². The number of amides is 2. The van der Waals surface area contributed by atoms with E-state index in [1.807, 2.05) is 6.92 Å². The zero-order valence-electron chi connectivity index (χ0n) is 14.5. The number of imide groups is 1. The van der Waals surface area contributed by atoms with Gasteiger partial charge in [0.1, 0.15) is 0 Å². The standard InChI is InChI=1S/C21H15ClN2O3/c1-2-5-18(25)16-11-23-17-9-8-12(10-15(17)19(16)22)24-20(26)13-6-3-4-7-14(13)21(24)27/h3-4,6-11H,2,5H2,1H3. The van der Waals surface area contributed by atoms with Crippen LogP contribution in [0.15, 0.2) is 48.7 Å². The van der Waals surface area contributed by atoms with Crippen LogP contribution in [-0.4, -0.2) is 22.6 Å². The number of pyridine rings is 1. The maximum Gasteiger partial charge on any atom is 0.266 e. The highest BCUT2D eigenvalue weighted by Gasteiger charge is 2.36. The minimum atomic E-state index is -0.378. The summed E-state index contributed by atoms with van der Waals surface area (Å²) >= 11 is 6.46. The quantitative estimate of drug-likeness (QED) is 0.488. The van der Waals surface area contributed by atoms with Crippen LogP contribution in [-0.2, 0) is 0 Å². The van der Waals surface area contributed by atoms with Gasteiger partial charge in [0.15, 0.2) is 5.78 Å². The number of nitrogens with zero attached hydrogens (tertiary/aromatic N) is 2. The number of hydrogen-bond acceptors (Lipinski definition) is 4. The minimum Gasteiger partial charge on any atom is -0.294 e. The van der Waals surface area contributed by atoms with E-state index in [0.717, 1.165) is 4.90 Å². The smallest absolute Gasteiger partial charge is 0.266 e. The number of halogens is 1. The molecule has 1 aliphatic rings. The number of ketones is 1. The van der Waals surface area contributed by atoms with Crippen LogP contribution in [0, 0.1) is 0 Å². The average Bonchev–Trinajstić information content (AvgIpc) is 2.93. The molecule has 0 N–H and O–H groups in total. The van der Waals surface area contributed by atoms with E-state index in [4.69, 9.17) is 11.6 Å². The Morgan fingerprint density at radius 3 is 2.37 bits per heavy atom. The number of carbonyl (C=O) groups excluding carboxylic acids is 3. The molecule has 1 aliphatic heterocycles. The molecule has 2 aromatic carbocycles. The summed E-state index contributed by atoms with van der Waals surface area (Å²) in [6.45, 7) is 1.92. The molecule has 5 nitrogen and oxygen atoms in total. The third-order valence-electron chi connectivity index (χ3n) is 4.62. The largest absolute Gasteiger partial charge is 0.294 e. The second-order valence-electron chi connectivity index (χ2n) is 6.35. The highest BCUT2D eigenvalue weighted by molar-refractivity contribution is 6.39. The molecule has 0 atom stereocenters. The molecule has 0 spiro atoms. The number of Topliss-reactive ketones (excluding diaryl/α,β-unsaturated/α-hetero) is 1. The normalized spacial score (nSPS) is 13.3. The summed E-state index contributed by atoms with van der Waals surface area (Å²) in [5.74, 6) is -0.836. The zero-order valence-corrected chi connectivity index (χ0v) is 15.3. The summed E-state index contributed by atoms with van der Waals surface area (Å²) in [6, 6.07) is 11.7. The number of carbonyl (C=O) groups is 3. The van der Waals surface area contributed by atoms with Crippen molar-refractivity contribution < 1.29 is 14.4 Å². The van der Waals surface area contributed by atoms with Gasteiger partial charge in [0.05, 0.1) is 32.9 Å². The molecule has 0 fully saturated rings. The maximum atomic E-state index is 12.7. The molecule has 134 valence electrons. The highest BCUT2D eigenvalue weighted by Crippen LogP contribution is 2.33. The Morgan fingerprint density at radius 2 is 1.74 bits per heavy atom. The fraction of sp³-hybridized carbons (Fsp3) is 0.143. The van der Waals surface area contributed by atoms with E-state index in [1.165, 1.54) is 6.20 Å². The van der Waals surface area contributed by atoms with Gasteiger partial charge in [-0.1, -0.05) is 30.7 Å². The van der Waals surface area contributed by atoms with E-state index >= 15 is 0 Å². The SMILES string of the molecule is CCCC(=O)c1cnc2ccc(N3C(=O)c4ccccc4C3=O)cc2c1Cl. The molecule has 6 heteroatoms. The molecule has 0 aliphatic carbocycles. The van der Waals surface area contributed by atoms with Crippen LogP contribution in [0.5, 0.6) is 0 Å². The van der Waals surface area contributed by atoms with Crippen molar-refractivity contribution in [3.63, 3.8) is 0 Å².